The Kier molecular flexibility index (Phi) is 4.76. The van der Waals surface area contributed by atoms with Gasteiger partial charge in [-0.25, -0.2) is 0 Å². The number of carbonyl (C=O) groups is 1. The maximum atomic E-state index is 12.8. The van der Waals surface area contributed by atoms with E-state index in [1.54, 1.807) is 12.4 Å². The molecule has 26 heavy (non-hydrogen) atoms. The molecule has 138 valence electrons. The number of hydrogen-bond donors (Lipinski definition) is 2. The van der Waals surface area contributed by atoms with Crippen molar-refractivity contribution >= 4 is 28.1 Å². The number of carbonyl (C=O) groups excluding carboxylic acids is 1. The number of nitrogens with two attached hydrogens (primary N) is 1. The van der Waals surface area contributed by atoms with E-state index in [0.717, 1.165) is 48.5 Å². The second-order valence-electron chi connectivity index (χ2n) is 6.88. The van der Waals surface area contributed by atoms with E-state index in [4.69, 9.17) is 15.2 Å². The lowest BCUT2D eigenvalue weighted by Gasteiger charge is -2.32. The number of nitrogens with zero attached hydrogens (tertiary/aromatic N) is 2. The first kappa shape index (κ1) is 17.2. The number of fused-ring (bicyclic) bond motifs is 1. The lowest BCUT2D eigenvalue weighted by atomic mass is 9.90. The Morgan fingerprint density at radius 1 is 1.08 bits per heavy atom. The van der Waals surface area contributed by atoms with Crippen LogP contribution in [0, 0.1) is 0 Å². The smallest absolute Gasteiger partial charge is 0.244 e. The van der Waals surface area contributed by atoms with Gasteiger partial charge in [-0.05, 0) is 31.0 Å². The van der Waals surface area contributed by atoms with Crippen molar-refractivity contribution in [3.63, 3.8) is 0 Å². The number of pyridine rings is 1. The summed E-state index contributed by atoms with van der Waals surface area (Å²) in [4.78, 5) is 19.3. The summed E-state index contributed by atoms with van der Waals surface area (Å²) in [6, 6.07) is 5.98. The maximum Gasteiger partial charge on any atom is 0.244 e. The Bertz CT molecular complexity index is 798. The summed E-state index contributed by atoms with van der Waals surface area (Å²) >= 11 is 0. The molecule has 0 bridgehead atoms. The van der Waals surface area contributed by atoms with Crippen LogP contribution in [0.2, 0.25) is 0 Å². The second kappa shape index (κ2) is 7.19. The molecule has 0 saturated carbocycles. The summed E-state index contributed by atoms with van der Waals surface area (Å²) in [5.41, 5.74) is 7.31. The molecule has 0 atom stereocenters. The van der Waals surface area contributed by atoms with Gasteiger partial charge in [0.25, 0.3) is 0 Å². The highest BCUT2D eigenvalue weighted by Gasteiger charge is 2.36. The minimum absolute atomic E-state index is 0.162. The fourth-order valence-corrected chi connectivity index (χ4v) is 3.57. The molecule has 2 fully saturated rings. The number of ether oxygens (including phenoxy) is 2. The highest BCUT2D eigenvalue weighted by Crippen LogP contribution is 2.33. The van der Waals surface area contributed by atoms with Crippen LogP contribution in [0.1, 0.15) is 12.8 Å². The van der Waals surface area contributed by atoms with Crippen LogP contribution in [0.5, 0.6) is 0 Å². The van der Waals surface area contributed by atoms with Crippen molar-refractivity contribution in [3.8, 4) is 0 Å². The lowest BCUT2D eigenvalue weighted by Crippen LogP contribution is -2.54. The minimum Gasteiger partial charge on any atom is -0.381 e. The third-order valence-electron chi connectivity index (χ3n) is 5.23. The molecule has 0 aliphatic carbocycles. The minimum atomic E-state index is -0.879. The Hall–Kier alpha value is -2.22. The van der Waals surface area contributed by atoms with E-state index in [0.29, 0.717) is 26.1 Å². The topological polar surface area (TPSA) is 89.7 Å². The first-order valence-electron chi connectivity index (χ1n) is 9.05. The van der Waals surface area contributed by atoms with Gasteiger partial charge in [-0.3, -0.25) is 9.78 Å². The normalized spacial score (nSPS) is 20.1. The standard InChI is InChI=1S/C19H24N4O3/c20-19(4-9-25-10-5-19)18(24)22-16-1-2-17(23-7-11-26-12-8-23)14-3-6-21-13-15(14)16/h1-3,6,13H,4-5,7-12,20H2,(H,22,24). The molecule has 7 nitrogen and oxygen atoms in total. The average molecular weight is 356 g/mol. The number of nitrogens with one attached hydrogen (secondary N) is 1. The van der Waals surface area contributed by atoms with Crippen molar-refractivity contribution in [2.75, 3.05) is 49.7 Å². The summed E-state index contributed by atoms with van der Waals surface area (Å²) in [7, 11) is 0. The Morgan fingerprint density at radius 2 is 1.81 bits per heavy atom. The van der Waals surface area contributed by atoms with Crippen molar-refractivity contribution < 1.29 is 14.3 Å². The highest BCUT2D eigenvalue weighted by molar-refractivity contribution is 6.08. The summed E-state index contributed by atoms with van der Waals surface area (Å²) in [5.74, 6) is -0.162. The van der Waals surface area contributed by atoms with Crippen molar-refractivity contribution in [3.05, 3.63) is 30.6 Å². The molecule has 1 aromatic heterocycles. The van der Waals surface area contributed by atoms with Gasteiger partial charge in [-0.1, -0.05) is 0 Å². The molecule has 0 unspecified atom stereocenters. The average Bonchev–Trinajstić information content (AvgIpc) is 2.69. The number of aromatic nitrogens is 1. The molecule has 3 N–H and O–H groups in total. The second-order valence-corrected chi connectivity index (χ2v) is 6.88. The van der Waals surface area contributed by atoms with E-state index in [1.165, 1.54) is 0 Å². The maximum absolute atomic E-state index is 12.8. The lowest BCUT2D eigenvalue weighted by molar-refractivity contribution is -0.124. The molecule has 7 heteroatoms. The Labute approximate surface area is 152 Å². The van der Waals surface area contributed by atoms with Crippen LogP contribution in [0.15, 0.2) is 30.6 Å². The highest BCUT2D eigenvalue weighted by atomic mass is 16.5. The number of rotatable bonds is 3. The predicted molar refractivity (Wildman–Crippen MR) is 100 cm³/mol. The van der Waals surface area contributed by atoms with Gasteiger partial charge in [0, 0.05) is 55.2 Å². The fraction of sp³-hybridized carbons (Fsp3) is 0.474. The monoisotopic (exact) mass is 356 g/mol. The summed E-state index contributed by atoms with van der Waals surface area (Å²) in [6.45, 7) is 4.19. The van der Waals surface area contributed by atoms with Gasteiger partial charge < -0.3 is 25.4 Å². The van der Waals surface area contributed by atoms with Crippen LogP contribution < -0.4 is 16.0 Å². The van der Waals surface area contributed by atoms with Gasteiger partial charge in [0.05, 0.1) is 18.9 Å². The predicted octanol–water partition coefficient (Wildman–Crippen LogP) is 1.52. The van der Waals surface area contributed by atoms with Crippen LogP contribution in [-0.2, 0) is 14.3 Å². The van der Waals surface area contributed by atoms with Gasteiger partial charge in [-0.2, -0.15) is 0 Å². The van der Waals surface area contributed by atoms with Crippen molar-refractivity contribution in [2.24, 2.45) is 5.73 Å². The summed E-state index contributed by atoms with van der Waals surface area (Å²) in [5, 5.41) is 5.01. The molecule has 2 aliphatic heterocycles. The van der Waals surface area contributed by atoms with Gasteiger partial charge in [0.15, 0.2) is 0 Å². The first-order valence-corrected chi connectivity index (χ1v) is 9.05. The molecule has 2 saturated heterocycles. The van der Waals surface area contributed by atoms with E-state index in [-0.39, 0.29) is 5.91 Å². The van der Waals surface area contributed by atoms with Crippen LogP contribution in [0.4, 0.5) is 11.4 Å². The quantitative estimate of drug-likeness (QED) is 0.867. The number of hydrogen-bond acceptors (Lipinski definition) is 6. The number of benzene rings is 1. The zero-order chi connectivity index (χ0) is 18.0. The molecule has 0 spiro atoms. The summed E-state index contributed by atoms with van der Waals surface area (Å²) in [6.07, 6.45) is 4.63. The first-order chi connectivity index (χ1) is 12.7. The Balaban J connectivity index is 1.65. The van der Waals surface area contributed by atoms with Crippen LogP contribution in [0.3, 0.4) is 0 Å². The number of anilines is 2. The van der Waals surface area contributed by atoms with Crippen LogP contribution >= 0.6 is 0 Å². The molecule has 0 radical (unpaired) electrons. The molecule has 2 aromatic rings. The fourth-order valence-electron chi connectivity index (χ4n) is 3.57. The van der Waals surface area contributed by atoms with Crippen molar-refractivity contribution in [2.45, 2.75) is 18.4 Å². The van der Waals surface area contributed by atoms with Gasteiger partial charge >= 0.3 is 0 Å². The molecular weight excluding hydrogens is 332 g/mol. The zero-order valence-electron chi connectivity index (χ0n) is 14.7. The van der Waals surface area contributed by atoms with Crippen LogP contribution in [0.25, 0.3) is 10.8 Å². The van der Waals surface area contributed by atoms with E-state index >= 15 is 0 Å². The van der Waals surface area contributed by atoms with E-state index in [2.05, 4.69) is 21.3 Å². The van der Waals surface area contributed by atoms with Crippen molar-refractivity contribution in [1.82, 2.24) is 4.98 Å². The van der Waals surface area contributed by atoms with Crippen molar-refractivity contribution in [1.29, 1.82) is 0 Å². The molecule has 1 aromatic carbocycles. The molecule has 4 rings (SSSR count). The molecule has 2 aliphatic rings. The third-order valence-corrected chi connectivity index (χ3v) is 5.23. The van der Waals surface area contributed by atoms with Gasteiger partial charge in [0.2, 0.25) is 5.91 Å². The third kappa shape index (κ3) is 3.25. The molecular formula is C19H24N4O3. The Morgan fingerprint density at radius 3 is 2.58 bits per heavy atom. The SMILES string of the molecule is NC1(C(=O)Nc2ccc(N3CCOCC3)c3ccncc23)CCOCC1. The number of amides is 1. The van der Waals surface area contributed by atoms with E-state index in [1.807, 2.05) is 12.1 Å². The largest absolute Gasteiger partial charge is 0.381 e. The number of morpholine rings is 1. The van der Waals surface area contributed by atoms with Crippen LogP contribution in [-0.4, -0.2) is 55.9 Å². The van der Waals surface area contributed by atoms with Gasteiger partial charge in [-0.15, -0.1) is 0 Å². The molecule has 3 heterocycles. The van der Waals surface area contributed by atoms with E-state index in [9.17, 15) is 4.79 Å². The molecule has 1 amide bonds. The summed E-state index contributed by atoms with van der Waals surface area (Å²) < 4.78 is 10.8. The van der Waals surface area contributed by atoms with E-state index < -0.39 is 5.54 Å². The zero-order valence-corrected chi connectivity index (χ0v) is 14.7. The van der Waals surface area contributed by atoms with Gasteiger partial charge in [0.1, 0.15) is 5.54 Å².